The van der Waals surface area contributed by atoms with Gasteiger partial charge in [0.05, 0.1) is 5.02 Å². The van der Waals surface area contributed by atoms with Gasteiger partial charge in [-0.15, -0.1) is 0 Å². The Morgan fingerprint density at radius 2 is 1.80 bits per heavy atom. The van der Waals surface area contributed by atoms with Crippen molar-refractivity contribution >= 4 is 41.2 Å². The summed E-state index contributed by atoms with van der Waals surface area (Å²) in [6, 6.07) is 11.9. The van der Waals surface area contributed by atoms with Gasteiger partial charge in [-0.25, -0.2) is 4.79 Å². The number of carboxylic acid groups (broad SMARTS) is 1. The molecule has 0 unspecified atom stereocenters. The van der Waals surface area contributed by atoms with Crippen molar-refractivity contribution in [1.82, 2.24) is 5.32 Å². The zero-order valence-corrected chi connectivity index (χ0v) is 17.9. The Morgan fingerprint density at radius 3 is 2.47 bits per heavy atom. The number of hydrogen-bond acceptors (Lipinski definition) is 3. The number of benzene rings is 2. The second-order valence-electron chi connectivity index (χ2n) is 7.32. The van der Waals surface area contributed by atoms with E-state index in [1.807, 2.05) is 0 Å². The van der Waals surface area contributed by atoms with Gasteiger partial charge >= 0.3 is 5.97 Å². The molecule has 7 heteroatoms. The highest BCUT2D eigenvalue weighted by molar-refractivity contribution is 6.42. The molecule has 1 aliphatic carbocycles. The highest BCUT2D eigenvalue weighted by atomic mass is 35.5. The molecular formula is C23H23Cl2NO4. The molecule has 1 aliphatic rings. The van der Waals surface area contributed by atoms with Crippen LogP contribution < -0.4 is 10.1 Å². The summed E-state index contributed by atoms with van der Waals surface area (Å²) in [5, 5.41) is 12.7. The molecule has 0 aliphatic heterocycles. The SMILES string of the molecule is O=C(CCC1CCCC1)NC(=Cc1ccc(Oc2cccc(Cl)c2Cl)cc1)C(=O)O. The van der Waals surface area contributed by atoms with Crippen molar-refractivity contribution in [3.63, 3.8) is 0 Å². The molecule has 0 spiro atoms. The van der Waals surface area contributed by atoms with E-state index in [1.54, 1.807) is 42.5 Å². The normalized spacial score (nSPS) is 14.5. The summed E-state index contributed by atoms with van der Waals surface area (Å²) in [6.45, 7) is 0. The average molecular weight is 448 g/mol. The van der Waals surface area contributed by atoms with Gasteiger partial charge in [-0.2, -0.15) is 0 Å². The third-order valence-corrected chi connectivity index (χ3v) is 5.90. The highest BCUT2D eigenvalue weighted by Gasteiger charge is 2.18. The fourth-order valence-electron chi connectivity index (χ4n) is 3.49. The summed E-state index contributed by atoms with van der Waals surface area (Å²) in [5.74, 6) is 0.0666. The van der Waals surface area contributed by atoms with Gasteiger partial charge < -0.3 is 15.2 Å². The lowest BCUT2D eigenvalue weighted by Crippen LogP contribution is -2.27. The third kappa shape index (κ3) is 6.25. The van der Waals surface area contributed by atoms with Crippen LogP contribution in [0, 0.1) is 5.92 Å². The molecule has 0 heterocycles. The zero-order valence-electron chi connectivity index (χ0n) is 16.4. The van der Waals surface area contributed by atoms with Crippen LogP contribution in [0.4, 0.5) is 0 Å². The Labute approximate surface area is 185 Å². The molecule has 30 heavy (non-hydrogen) atoms. The van der Waals surface area contributed by atoms with Crippen LogP contribution in [0.5, 0.6) is 11.5 Å². The fraction of sp³-hybridized carbons (Fsp3) is 0.304. The van der Waals surface area contributed by atoms with Gasteiger partial charge in [0.15, 0.2) is 0 Å². The summed E-state index contributed by atoms with van der Waals surface area (Å²) in [4.78, 5) is 23.7. The first kappa shape index (κ1) is 22.2. The van der Waals surface area contributed by atoms with E-state index in [0.717, 1.165) is 19.3 Å². The Bertz CT molecular complexity index is 935. The van der Waals surface area contributed by atoms with E-state index in [-0.39, 0.29) is 11.6 Å². The maximum atomic E-state index is 12.2. The number of amides is 1. The van der Waals surface area contributed by atoms with Crippen LogP contribution in [0.1, 0.15) is 44.1 Å². The van der Waals surface area contributed by atoms with Crippen LogP contribution in [-0.2, 0) is 9.59 Å². The number of aliphatic carboxylic acids is 1. The maximum absolute atomic E-state index is 12.2. The van der Waals surface area contributed by atoms with Crippen LogP contribution in [0.3, 0.4) is 0 Å². The number of carbonyl (C=O) groups excluding carboxylic acids is 1. The predicted octanol–water partition coefficient (Wildman–Crippen LogP) is 6.30. The second-order valence-corrected chi connectivity index (χ2v) is 8.11. The molecule has 158 valence electrons. The van der Waals surface area contributed by atoms with Crippen molar-refractivity contribution in [2.24, 2.45) is 5.92 Å². The summed E-state index contributed by atoms with van der Waals surface area (Å²) in [5.41, 5.74) is 0.464. The topological polar surface area (TPSA) is 75.6 Å². The van der Waals surface area contributed by atoms with Crippen molar-refractivity contribution < 1.29 is 19.4 Å². The minimum absolute atomic E-state index is 0.155. The van der Waals surface area contributed by atoms with E-state index in [1.165, 1.54) is 18.9 Å². The number of rotatable bonds is 8. The minimum Gasteiger partial charge on any atom is -0.477 e. The first-order chi connectivity index (χ1) is 14.4. The van der Waals surface area contributed by atoms with E-state index in [4.69, 9.17) is 27.9 Å². The lowest BCUT2D eigenvalue weighted by molar-refractivity contribution is -0.134. The predicted molar refractivity (Wildman–Crippen MR) is 118 cm³/mol. The van der Waals surface area contributed by atoms with Crippen LogP contribution in [-0.4, -0.2) is 17.0 Å². The number of ether oxygens (including phenoxy) is 1. The number of hydrogen-bond donors (Lipinski definition) is 2. The first-order valence-corrected chi connectivity index (χ1v) is 10.6. The van der Waals surface area contributed by atoms with Gasteiger partial charge in [0.1, 0.15) is 22.2 Å². The van der Waals surface area contributed by atoms with E-state index >= 15 is 0 Å². The highest BCUT2D eigenvalue weighted by Crippen LogP contribution is 2.34. The van der Waals surface area contributed by atoms with E-state index < -0.39 is 5.97 Å². The van der Waals surface area contributed by atoms with Gasteiger partial charge in [-0.3, -0.25) is 4.79 Å². The van der Waals surface area contributed by atoms with Gasteiger partial charge in [-0.05, 0) is 48.2 Å². The molecular weight excluding hydrogens is 425 g/mol. The lowest BCUT2D eigenvalue weighted by Gasteiger charge is -2.10. The largest absolute Gasteiger partial charge is 0.477 e. The first-order valence-electron chi connectivity index (χ1n) is 9.89. The Kier molecular flexibility index (Phi) is 7.77. The van der Waals surface area contributed by atoms with E-state index in [2.05, 4.69) is 5.32 Å². The fourth-order valence-corrected chi connectivity index (χ4v) is 3.82. The Morgan fingerprint density at radius 1 is 1.10 bits per heavy atom. The van der Waals surface area contributed by atoms with Crippen LogP contribution in [0.2, 0.25) is 10.0 Å². The number of carboxylic acids is 1. The second kappa shape index (κ2) is 10.5. The van der Waals surface area contributed by atoms with E-state index in [9.17, 15) is 14.7 Å². The van der Waals surface area contributed by atoms with Crippen LogP contribution >= 0.6 is 23.2 Å². The van der Waals surface area contributed by atoms with E-state index in [0.29, 0.717) is 39.4 Å². The van der Waals surface area contributed by atoms with Gasteiger partial charge in [0, 0.05) is 6.42 Å². The molecule has 1 amide bonds. The summed E-state index contributed by atoms with van der Waals surface area (Å²) in [6.07, 6.45) is 7.31. The third-order valence-electron chi connectivity index (χ3n) is 5.09. The monoisotopic (exact) mass is 447 g/mol. The van der Waals surface area contributed by atoms with Crippen molar-refractivity contribution in [3.8, 4) is 11.5 Å². The lowest BCUT2D eigenvalue weighted by atomic mass is 10.0. The maximum Gasteiger partial charge on any atom is 0.352 e. The molecule has 0 bridgehead atoms. The zero-order chi connectivity index (χ0) is 21.5. The van der Waals surface area contributed by atoms with Crippen LogP contribution in [0.15, 0.2) is 48.2 Å². The summed E-state index contributed by atoms with van der Waals surface area (Å²) < 4.78 is 5.72. The van der Waals surface area contributed by atoms with Gasteiger partial charge in [-0.1, -0.05) is 67.1 Å². The minimum atomic E-state index is -1.18. The standard InChI is InChI=1S/C23H23Cl2NO4/c24-18-6-3-7-20(22(18)25)30-17-11-8-16(9-12-17)14-19(23(28)29)26-21(27)13-10-15-4-1-2-5-15/h3,6-9,11-12,14-15H,1-2,4-5,10,13H2,(H,26,27)(H,28,29). The molecule has 2 aromatic rings. The molecule has 0 atom stereocenters. The molecule has 2 aromatic carbocycles. The molecule has 0 aromatic heterocycles. The quantitative estimate of drug-likeness (QED) is 0.465. The van der Waals surface area contributed by atoms with Crippen molar-refractivity contribution in [2.45, 2.75) is 38.5 Å². The Balaban J connectivity index is 1.63. The molecule has 5 nitrogen and oxygen atoms in total. The molecule has 1 fully saturated rings. The number of nitrogens with one attached hydrogen (secondary N) is 1. The number of halogens is 2. The number of carbonyl (C=O) groups is 2. The van der Waals surface area contributed by atoms with Crippen molar-refractivity contribution in [2.75, 3.05) is 0 Å². The molecule has 2 N–H and O–H groups in total. The summed E-state index contributed by atoms with van der Waals surface area (Å²) in [7, 11) is 0. The van der Waals surface area contributed by atoms with Crippen molar-refractivity contribution in [1.29, 1.82) is 0 Å². The van der Waals surface area contributed by atoms with Crippen LogP contribution in [0.25, 0.3) is 6.08 Å². The van der Waals surface area contributed by atoms with Gasteiger partial charge in [0.2, 0.25) is 5.91 Å². The molecule has 3 rings (SSSR count). The summed E-state index contributed by atoms with van der Waals surface area (Å²) >= 11 is 12.1. The molecule has 0 saturated heterocycles. The average Bonchev–Trinajstić information content (AvgIpc) is 3.24. The Hall–Kier alpha value is -2.50. The smallest absolute Gasteiger partial charge is 0.352 e. The molecule has 0 radical (unpaired) electrons. The molecule has 1 saturated carbocycles. The van der Waals surface area contributed by atoms with Crippen molar-refractivity contribution in [3.05, 3.63) is 63.8 Å². The van der Waals surface area contributed by atoms with Gasteiger partial charge in [0.25, 0.3) is 0 Å².